The van der Waals surface area contributed by atoms with Crippen molar-refractivity contribution in [3.8, 4) is 0 Å². The molecule has 1 unspecified atom stereocenters. The first-order chi connectivity index (χ1) is 7.90. The Morgan fingerprint density at radius 2 is 1.88 bits per heavy atom. The Morgan fingerprint density at radius 1 is 1.35 bits per heavy atom. The number of carbonyl (C=O) groups excluding carboxylic acids is 1. The first-order valence-corrected chi connectivity index (χ1v) is 5.68. The molecule has 0 fully saturated rings. The fourth-order valence-electron chi connectivity index (χ4n) is 1.80. The van der Waals surface area contributed by atoms with Gasteiger partial charge in [-0.25, -0.2) is 0 Å². The molecule has 0 saturated heterocycles. The van der Waals surface area contributed by atoms with Crippen molar-refractivity contribution in [2.24, 2.45) is 0 Å². The van der Waals surface area contributed by atoms with E-state index in [2.05, 4.69) is 5.32 Å². The van der Waals surface area contributed by atoms with Crippen molar-refractivity contribution in [2.75, 3.05) is 19.4 Å². The van der Waals surface area contributed by atoms with Crippen LogP contribution >= 0.6 is 0 Å². The van der Waals surface area contributed by atoms with Crippen LogP contribution in [-0.2, 0) is 10.5 Å². The van der Waals surface area contributed by atoms with Gasteiger partial charge in [-0.2, -0.15) is 0 Å². The molecule has 1 aromatic carbocycles. The molecule has 0 bridgehead atoms. The number of nitrogens with one attached hydrogen (secondary N) is 1. The summed E-state index contributed by atoms with van der Waals surface area (Å²) in [5.74, 6) is -0.101. The Labute approximate surface area is 102 Å². The molecule has 94 valence electrons. The van der Waals surface area contributed by atoms with E-state index in [1.54, 1.807) is 17.0 Å². The van der Waals surface area contributed by atoms with E-state index >= 15 is 0 Å². The van der Waals surface area contributed by atoms with E-state index in [1.165, 1.54) is 6.92 Å². The lowest BCUT2D eigenvalue weighted by Gasteiger charge is -2.34. The number of amides is 1. The van der Waals surface area contributed by atoms with Gasteiger partial charge in [-0.05, 0) is 38.2 Å². The molecule has 4 nitrogen and oxygen atoms in total. The SMILES string of the molecule is CCC(O)(c1ccc(NC(C)=O)cc1)N(C)C. The summed E-state index contributed by atoms with van der Waals surface area (Å²) in [4.78, 5) is 12.7. The maximum atomic E-state index is 10.9. The second kappa shape index (κ2) is 5.29. The molecule has 0 spiro atoms. The fraction of sp³-hybridized carbons (Fsp3) is 0.462. The molecule has 2 N–H and O–H groups in total. The number of hydrogen-bond donors (Lipinski definition) is 2. The van der Waals surface area contributed by atoms with Gasteiger partial charge in [0.15, 0.2) is 0 Å². The summed E-state index contributed by atoms with van der Waals surface area (Å²) in [6.07, 6.45) is 0.597. The third kappa shape index (κ3) is 3.05. The van der Waals surface area contributed by atoms with Gasteiger partial charge < -0.3 is 10.4 Å². The van der Waals surface area contributed by atoms with Crippen LogP contribution < -0.4 is 5.32 Å². The van der Waals surface area contributed by atoms with Crippen molar-refractivity contribution in [2.45, 2.75) is 26.0 Å². The van der Waals surface area contributed by atoms with Gasteiger partial charge in [0.05, 0.1) is 0 Å². The van der Waals surface area contributed by atoms with Gasteiger partial charge >= 0.3 is 0 Å². The number of rotatable bonds is 4. The van der Waals surface area contributed by atoms with E-state index in [0.717, 1.165) is 11.3 Å². The van der Waals surface area contributed by atoms with Crippen molar-refractivity contribution in [1.29, 1.82) is 0 Å². The second-order valence-electron chi connectivity index (χ2n) is 4.32. The Bertz CT molecular complexity index is 387. The Morgan fingerprint density at radius 3 is 2.24 bits per heavy atom. The number of nitrogens with zero attached hydrogens (tertiary/aromatic N) is 1. The molecule has 4 heteroatoms. The van der Waals surface area contributed by atoms with E-state index in [0.29, 0.717) is 6.42 Å². The average Bonchev–Trinajstić information content (AvgIpc) is 2.28. The van der Waals surface area contributed by atoms with Crippen LogP contribution in [0.4, 0.5) is 5.69 Å². The molecule has 0 aliphatic carbocycles. The van der Waals surface area contributed by atoms with Crippen LogP contribution in [0.1, 0.15) is 25.8 Å². The largest absolute Gasteiger partial charge is 0.371 e. The van der Waals surface area contributed by atoms with E-state index in [4.69, 9.17) is 0 Å². The maximum absolute atomic E-state index is 10.9. The van der Waals surface area contributed by atoms with Crippen LogP contribution in [0.5, 0.6) is 0 Å². The van der Waals surface area contributed by atoms with Crippen molar-refractivity contribution in [3.63, 3.8) is 0 Å². The van der Waals surface area contributed by atoms with Gasteiger partial charge in [0.1, 0.15) is 5.72 Å². The highest BCUT2D eigenvalue weighted by molar-refractivity contribution is 5.88. The van der Waals surface area contributed by atoms with Gasteiger partial charge in [0.2, 0.25) is 5.91 Å². The van der Waals surface area contributed by atoms with E-state index < -0.39 is 5.72 Å². The van der Waals surface area contributed by atoms with Crippen molar-refractivity contribution in [3.05, 3.63) is 29.8 Å². The summed E-state index contributed by atoms with van der Waals surface area (Å²) in [5.41, 5.74) is 0.590. The topological polar surface area (TPSA) is 52.6 Å². The van der Waals surface area contributed by atoms with Crippen molar-refractivity contribution < 1.29 is 9.90 Å². The normalized spacial score (nSPS) is 14.5. The van der Waals surface area contributed by atoms with E-state index in [1.807, 2.05) is 33.2 Å². The minimum Gasteiger partial charge on any atom is -0.371 e. The smallest absolute Gasteiger partial charge is 0.221 e. The molecule has 0 aliphatic heterocycles. The zero-order chi connectivity index (χ0) is 13.1. The van der Waals surface area contributed by atoms with E-state index in [9.17, 15) is 9.90 Å². The molecular formula is C13H20N2O2. The number of benzene rings is 1. The zero-order valence-corrected chi connectivity index (χ0v) is 10.8. The van der Waals surface area contributed by atoms with Crippen molar-refractivity contribution >= 4 is 11.6 Å². The quantitative estimate of drug-likeness (QED) is 0.783. The van der Waals surface area contributed by atoms with Crippen LogP contribution in [0.15, 0.2) is 24.3 Å². The zero-order valence-electron chi connectivity index (χ0n) is 10.8. The van der Waals surface area contributed by atoms with Crippen LogP contribution in [0, 0.1) is 0 Å². The Kier molecular flexibility index (Phi) is 4.26. The lowest BCUT2D eigenvalue weighted by Crippen LogP contribution is -2.40. The lowest BCUT2D eigenvalue weighted by atomic mass is 9.98. The number of anilines is 1. The molecule has 17 heavy (non-hydrogen) atoms. The second-order valence-corrected chi connectivity index (χ2v) is 4.32. The summed E-state index contributed by atoms with van der Waals surface area (Å²) in [6, 6.07) is 7.24. The highest BCUT2D eigenvalue weighted by atomic mass is 16.3. The minimum absolute atomic E-state index is 0.101. The standard InChI is InChI=1S/C13H20N2O2/c1-5-13(17,15(3)4)11-6-8-12(9-7-11)14-10(2)16/h6-9,17H,5H2,1-4H3,(H,14,16). The highest BCUT2D eigenvalue weighted by Gasteiger charge is 2.29. The molecule has 0 saturated carbocycles. The van der Waals surface area contributed by atoms with Crippen LogP contribution in [-0.4, -0.2) is 30.0 Å². The summed E-state index contributed by atoms with van der Waals surface area (Å²) in [6.45, 7) is 3.40. The first-order valence-electron chi connectivity index (χ1n) is 5.68. The van der Waals surface area contributed by atoms with Gasteiger partial charge in [-0.15, -0.1) is 0 Å². The minimum atomic E-state index is -0.964. The highest BCUT2D eigenvalue weighted by Crippen LogP contribution is 2.27. The van der Waals surface area contributed by atoms with Gasteiger partial charge in [0.25, 0.3) is 0 Å². The molecule has 1 atom stereocenters. The Balaban J connectivity index is 2.97. The summed E-state index contributed by atoms with van der Waals surface area (Å²) in [7, 11) is 3.68. The third-order valence-electron chi connectivity index (χ3n) is 2.90. The lowest BCUT2D eigenvalue weighted by molar-refractivity contribution is -0.114. The third-order valence-corrected chi connectivity index (χ3v) is 2.90. The molecular weight excluding hydrogens is 216 g/mol. The predicted molar refractivity (Wildman–Crippen MR) is 68.6 cm³/mol. The van der Waals surface area contributed by atoms with E-state index in [-0.39, 0.29) is 5.91 Å². The molecule has 0 heterocycles. The monoisotopic (exact) mass is 236 g/mol. The number of aliphatic hydroxyl groups is 1. The molecule has 1 aromatic rings. The number of carbonyl (C=O) groups is 1. The van der Waals surface area contributed by atoms with Gasteiger partial charge in [-0.1, -0.05) is 19.1 Å². The summed E-state index contributed by atoms with van der Waals surface area (Å²) in [5, 5.41) is 13.2. The maximum Gasteiger partial charge on any atom is 0.221 e. The molecule has 1 amide bonds. The van der Waals surface area contributed by atoms with Crippen molar-refractivity contribution in [1.82, 2.24) is 4.90 Å². The van der Waals surface area contributed by atoms with Crippen LogP contribution in [0.25, 0.3) is 0 Å². The van der Waals surface area contributed by atoms with Gasteiger partial charge in [-0.3, -0.25) is 9.69 Å². The summed E-state index contributed by atoms with van der Waals surface area (Å²) >= 11 is 0. The summed E-state index contributed by atoms with van der Waals surface area (Å²) < 4.78 is 0. The van der Waals surface area contributed by atoms with Gasteiger partial charge in [0, 0.05) is 12.6 Å². The molecule has 0 radical (unpaired) electrons. The predicted octanol–water partition coefficient (Wildman–Crippen LogP) is 1.76. The number of hydrogen-bond acceptors (Lipinski definition) is 3. The fourth-order valence-corrected chi connectivity index (χ4v) is 1.80. The molecule has 0 aromatic heterocycles. The molecule has 0 aliphatic rings. The Hall–Kier alpha value is -1.39. The van der Waals surface area contributed by atoms with Crippen LogP contribution in [0.3, 0.4) is 0 Å². The molecule has 1 rings (SSSR count). The average molecular weight is 236 g/mol. The van der Waals surface area contributed by atoms with Crippen LogP contribution in [0.2, 0.25) is 0 Å². The first kappa shape index (κ1) is 13.7.